The maximum absolute atomic E-state index is 12.9. The first-order chi connectivity index (χ1) is 17.1. The zero-order chi connectivity index (χ0) is 23.9. The normalized spacial score (nSPS) is 19.9. The second kappa shape index (κ2) is 8.78. The number of pyridine rings is 1. The summed E-state index contributed by atoms with van der Waals surface area (Å²) >= 11 is 0. The Morgan fingerprint density at radius 3 is 2.63 bits per heavy atom. The molecule has 2 aliphatic heterocycles. The molecule has 6 rings (SSSR count). The minimum absolute atomic E-state index is 0.222. The number of imide groups is 1. The minimum atomic E-state index is -0.677. The van der Waals surface area contributed by atoms with Crippen LogP contribution < -0.4 is 10.9 Å². The van der Waals surface area contributed by atoms with Crippen molar-refractivity contribution >= 4 is 33.6 Å². The molecule has 8 heteroatoms. The van der Waals surface area contributed by atoms with Gasteiger partial charge >= 0.3 is 0 Å². The summed E-state index contributed by atoms with van der Waals surface area (Å²) in [5.74, 6) is -0.294. The summed E-state index contributed by atoms with van der Waals surface area (Å²) in [4.78, 5) is 43.6. The number of hydrogen-bond acceptors (Lipinski definition) is 5. The number of amides is 2. The van der Waals surface area contributed by atoms with Crippen LogP contribution in [0.3, 0.4) is 0 Å². The lowest BCUT2D eigenvalue weighted by atomic mass is 9.89. The van der Waals surface area contributed by atoms with E-state index in [4.69, 9.17) is 0 Å². The highest BCUT2D eigenvalue weighted by Gasteiger charge is 2.30. The third-order valence-electron chi connectivity index (χ3n) is 7.44. The summed E-state index contributed by atoms with van der Waals surface area (Å²) in [7, 11) is 0. The molecule has 0 bridgehead atoms. The Morgan fingerprint density at radius 1 is 0.943 bits per heavy atom. The van der Waals surface area contributed by atoms with Crippen LogP contribution in [0.25, 0.3) is 21.8 Å². The lowest BCUT2D eigenvalue weighted by Gasteiger charge is -2.32. The number of carbonyl (C=O) groups is 2. The second-order valence-corrected chi connectivity index (χ2v) is 9.60. The third kappa shape index (κ3) is 4.04. The van der Waals surface area contributed by atoms with Gasteiger partial charge in [-0.2, -0.15) is 0 Å². The number of nitrogens with zero attached hydrogens (tertiary/aromatic N) is 3. The molecule has 178 valence electrons. The standard InChI is InChI=1S/C27H27N5O3/c33-25-9-8-24(26(34)29-25)32-27(35)21-7-6-18(15-23(21)30-32)17-10-13-31(14-11-17)16-19-3-1-5-22-20(19)4-2-12-28-22/h1-7,12,15,17,24,30H,8-11,13-14,16H2,(H,29,33,34). The third-order valence-corrected chi connectivity index (χ3v) is 7.44. The molecule has 1 atom stereocenters. The number of aromatic amines is 1. The van der Waals surface area contributed by atoms with Crippen molar-refractivity contribution in [3.63, 3.8) is 0 Å². The number of rotatable bonds is 4. The van der Waals surface area contributed by atoms with Crippen LogP contribution in [0.5, 0.6) is 0 Å². The van der Waals surface area contributed by atoms with Crippen LogP contribution in [-0.2, 0) is 16.1 Å². The molecule has 2 saturated heterocycles. The van der Waals surface area contributed by atoms with E-state index in [0.717, 1.165) is 43.5 Å². The highest BCUT2D eigenvalue weighted by atomic mass is 16.2. The predicted octanol–water partition coefficient (Wildman–Crippen LogP) is 3.24. The highest BCUT2D eigenvalue weighted by molar-refractivity contribution is 5.99. The molecule has 8 nitrogen and oxygen atoms in total. The fraction of sp³-hybridized carbons (Fsp3) is 0.333. The number of piperidine rings is 2. The van der Waals surface area contributed by atoms with Gasteiger partial charge in [-0.15, -0.1) is 0 Å². The van der Waals surface area contributed by atoms with Crippen molar-refractivity contribution in [1.29, 1.82) is 0 Å². The highest BCUT2D eigenvalue weighted by Crippen LogP contribution is 2.31. The van der Waals surface area contributed by atoms with E-state index in [2.05, 4.69) is 50.6 Å². The molecule has 4 aromatic rings. The van der Waals surface area contributed by atoms with E-state index in [1.54, 1.807) is 0 Å². The van der Waals surface area contributed by atoms with Crippen molar-refractivity contribution in [2.24, 2.45) is 0 Å². The maximum Gasteiger partial charge on any atom is 0.275 e. The van der Waals surface area contributed by atoms with Gasteiger partial charge < -0.3 is 0 Å². The van der Waals surface area contributed by atoms with Crippen LogP contribution in [0.2, 0.25) is 0 Å². The van der Waals surface area contributed by atoms with E-state index in [-0.39, 0.29) is 17.9 Å². The van der Waals surface area contributed by atoms with Crippen LogP contribution >= 0.6 is 0 Å². The summed E-state index contributed by atoms with van der Waals surface area (Å²) in [5.41, 5.74) is 4.07. The molecule has 4 heterocycles. The van der Waals surface area contributed by atoms with E-state index in [0.29, 0.717) is 17.7 Å². The van der Waals surface area contributed by atoms with E-state index in [1.807, 2.05) is 24.4 Å². The molecule has 2 N–H and O–H groups in total. The van der Waals surface area contributed by atoms with Crippen LogP contribution in [0.15, 0.2) is 59.5 Å². The monoisotopic (exact) mass is 469 g/mol. The molecule has 2 amide bonds. The Morgan fingerprint density at radius 2 is 1.80 bits per heavy atom. The minimum Gasteiger partial charge on any atom is -0.299 e. The second-order valence-electron chi connectivity index (χ2n) is 9.60. The number of aromatic nitrogens is 3. The number of fused-ring (bicyclic) bond motifs is 2. The molecule has 0 aliphatic carbocycles. The van der Waals surface area contributed by atoms with Crippen LogP contribution in [-0.4, -0.2) is 44.6 Å². The van der Waals surface area contributed by atoms with Crippen molar-refractivity contribution in [2.45, 2.75) is 44.2 Å². The van der Waals surface area contributed by atoms with Gasteiger partial charge in [0.15, 0.2) is 0 Å². The fourth-order valence-corrected chi connectivity index (χ4v) is 5.52. The molecule has 0 spiro atoms. The van der Waals surface area contributed by atoms with Gasteiger partial charge in [-0.1, -0.05) is 24.3 Å². The molecular weight excluding hydrogens is 442 g/mol. The van der Waals surface area contributed by atoms with Crippen LogP contribution in [0.1, 0.15) is 48.8 Å². The van der Waals surface area contributed by atoms with Gasteiger partial charge in [-0.05, 0) is 73.7 Å². The summed E-state index contributed by atoms with van der Waals surface area (Å²) in [5, 5.41) is 7.25. The Labute approximate surface area is 201 Å². The molecule has 0 radical (unpaired) electrons. The Bertz CT molecular complexity index is 1490. The molecule has 2 fully saturated rings. The maximum atomic E-state index is 12.9. The zero-order valence-electron chi connectivity index (χ0n) is 19.4. The summed E-state index contributed by atoms with van der Waals surface area (Å²) in [6.07, 6.45) is 4.49. The molecule has 1 unspecified atom stereocenters. The van der Waals surface area contributed by atoms with Gasteiger partial charge in [0.2, 0.25) is 5.91 Å². The molecule has 2 aliphatic rings. The van der Waals surface area contributed by atoms with Gasteiger partial charge in [0.1, 0.15) is 6.04 Å². The van der Waals surface area contributed by atoms with Crippen molar-refractivity contribution < 1.29 is 9.59 Å². The smallest absolute Gasteiger partial charge is 0.275 e. The first kappa shape index (κ1) is 21.7. The molecule has 2 aromatic carbocycles. The Balaban J connectivity index is 1.17. The van der Waals surface area contributed by atoms with E-state index >= 15 is 0 Å². The van der Waals surface area contributed by atoms with Gasteiger partial charge in [0.05, 0.1) is 16.4 Å². The number of carbonyl (C=O) groups excluding carboxylic acids is 2. The molecule has 35 heavy (non-hydrogen) atoms. The first-order valence-electron chi connectivity index (χ1n) is 12.2. The summed E-state index contributed by atoms with van der Waals surface area (Å²) in [6, 6.07) is 15.7. The summed E-state index contributed by atoms with van der Waals surface area (Å²) < 4.78 is 1.37. The Hall–Kier alpha value is -3.78. The SMILES string of the molecule is O=C1CCC(n2[nH]c3cc(C4CCN(Cc5cccc6ncccc56)CC4)ccc3c2=O)C(=O)N1. The van der Waals surface area contributed by atoms with E-state index in [9.17, 15) is 14.4 Å². The van der Waals surface area contributed by atoms with E-state index < -0.39 is 11.9 Å². The zero-order valence-corrected chi connectivity index (χ0v) is 19.4. The van der Waals surface area contributed by atoms with Crippen LogP contribution in [0.4, 0.5) is 0 Å². The van der Waals surface area contributed by atoms with Crippen molar-refractivity contribution in [1.82, 2.24) is 25.0 Å². The number of hydrogen-bond donors (Lipinski definition) is 2. The largest absolute Gasteiger partial charge is 0.299 e. The average molecular weight is 470 g/mol. The van der Waals surface area contributed by atoms with Gasteiger partial charge in [0, 0.05) is 24.5 Å². The molecular formula is C27H27N5O3. The molecule has 2 aromatic heterocycles. The number of H-pyrrole nitrogens is 1. The molecule has 0 saturated carbocycles. The van der Waals surface area contributed by atoms with Crippen LogP contribution in [0, 0.1) is 0 Å². The average Bonchev–Trinajstić information content (AvgIpc) is 3.20. The lowest BCUT2D eigenvalue weighted by molar-refractivity contribution is -0.136. The number of benzene rings is 2. The lowest BCUT2D eigenvalue weighted by Crippen LogP contribution is -2.44. The van der Waals surface area contributed by atoms with Gasteiger partial charge in [0.25, 0.3) is 11.5 Å². The predicted molar refractivity (Wildman–Crippen MR) is 133 cm³/mol. The van der Waals surface area contributed by atoms with Crippen molar-refractivity contribution in [3.05, 3.63) is 76.2 Å². The van der Waals surface area contributed by atoms with Gasteiger partial charge in [-0.3, -0.25) is 34.7 Å². The number of likely N-dealkylation sites (tertiary alicyclic amines) is 1. The first-order valence-corrected chi connectivity index (χ1v) is 12.2. The van der Waals surface area contributed by atoms with Crippen molar-refractivity contribution in [3.8, 4) is 0 Å². The van der Waals surface area contributed by atoms with Crippen molar-refractivity contribution in [2.75, 3.05) is 13.1 Å². The summed E-state index contributed by atoms with van der Waals surface area (Å²) in [6.45, 7) is 2.93. The Kier molecular flexibility index (Phi) is 5.45. The number of nitrogens with one attached hydrogen (secondary N) is 2. The quantitative estimate of drug-likeness (QED) is 0.447. The fourth-order valence-electron chi connectivity index (χ4n) is 5.52. The van der Waals surface area contributed by atoms with E-state index in [1.165, 1.54) is 21.2 Å². The van der Waals surface area contributed by atoms with Gasteiger partial charge in [-0.25, -0.2) is 4.68 Å². The topological polar surface area (TPSA) is 100 Å².